The lowest BCUT2D eigenvalue weighted by Crippen LogP contribution is -2.21. The van der Waals surface area contributed by atoms with Gasteiger partial charge in [-0.2, -0.15) is 0 Å². The summed E-state index contributed by atoms with van der Waals surface area (Å²) in [6.45, 7) is 0.390. The highest BCUT2D eigenvalue weighted by atomic mass is 32.1. The maximum atomic E-state index is 13.1. The van der Waals surface area contributed by atoms with Crippen LogP contribution in [0.25, 0.3) is 10.1 Å². The zero-order valence-electron chi connectivity index (χ0n) is 9.81. The largest absolute Gasteiger partial charge is 0.347 e. The van der Waals surface area contributed by atoms with Crippen LogP contribution in [-0.2, 0) is 6.54 Å². The van der Waals surface area contributed by atoms with E-state index in [-0.39, 0.29) is 11.7 Å². The lowest BCUT2D eigenvalue weighted by atomic mass is 10.2. The third-order valence-electron chi connectivity index (χ3n) is 2.70. The van der Waals surface area contributed by atoms with Crippen LogP contribution in [0, 0.1) is 5.82 Å². The number of fused-ring (bicyclic) bond motifs is 1. The number of thiophene rings is 1. The SMILES string of the molecule is O=C(NCc1cnc[nH]1)c1cc2cc(F)ccc2s1. The number of carbonyl (C=O) groups is 1. The van der Waals surface area contributed by atoms with Crippen LogP contribution in [-0.4, -0.2) is 15.9 Å². The minimum atomic E-state index is -0.297. The number of H-pyrrole nitrogens is 1. The number of amides is 1. The fourth-order valence-electron chi connectivity index (χ4n) is 1.77. The number of imidazole rings is 1. The molecule has 96 valence electrons. The smallest absolute Gasteiger partial charge is 0.261 e. The molecule has 2 N–H and O–H groups in total. The van der Waals surface area contributed by atoms with Gasteiger partial charge in [0.25, 0.3) is 5.91 Å². The van der Waals surface area contributed by atoms with Gasteiger partial charge in [-0.15, -0.1) is 11.3 Å². The van der Waals surface area contributed by atoms with Crippen LogP contribution in [0.15, 0.2) is 36.8 Å². The summed E-state index contributed by atoms with van der Waals surface area (Å²) in [7, 11) is 0. The van der Waals surface area contributed by atoms with Crippen LogP contribution in [0.4, 0.5) is 4.39 Å². The first-order valence-corrected chi connectivity index (χ1v) is 6.48. The molecule has 0 aliphatic carbocycles. The van der Waals surface area contributed by atoms with Crippen LogP contribution in [0.5, 0.6) is 0 Å². The summed E-state index contributed by atoms with van der Waals surface area (Å²) in [4.78, 5) is 19.3. The topological polar surface area (TPSA) is 57.8 Å². The number of aromatic amines is 1. The molecule has 0 unspecified atom stereocenters. The molecule has 0 saturated heterocycles. The van der Waals surface area contributed by atoms with Gasteiger partial charge < -0.3 is 10.3 Å². The third kappa shape index (κ3) is 2.48. The Bertz CT molecular complexity index is 721. The lowest BCUT2D eigenvalue weighted by molar-refractivity contribution is 0.0954. The van der Waals surface area contributed by atoms with Crippen molar-refractivity contribution in [3.8, 4) is 0 Å². The first-order valence-electron chi connectivity index (χ1n) is 5.67. The van der Waals surface area contributed by atoms with E-state index in [9.17, 15) is 9.18 Å². The highest BCUT2D eigenvalue weighted by molar-refractivity contribution is 7.20. The van der Waals surface area contributed by atoms with Crippen molar-refractivity contribution in [3.05, 3.63) is 53.2 Å². The highest BCUT2D eigenvalue weighted by Crippen LogP contribution is 2.26. The Morgan fingerprint density at radius 3 is 3.11 bits per heavy atom. The van der Waals surface area contributed by atoms with Crippen molar-refractivity contribution in [1.29, 1.82) is 0 Å². The number of hydrogen-bond acceptors (Lipinski definition) is 3. The molecule has 19 heavy (non-hydrogen) atoms. The van der Waals surface area contributed by atoms with Crippen molar-refractivity contribution >= 4 is 27.3 Å². The maximum absolute atomic E-state index is 13.1. The quantitative estimate of drug-likeness (QED) is 0.772. The van der Waals surface area contributed by atoms with E-state index < -0.39 is 0 Å². The van der Waals surface area contributed by atoms with E-state index in [0.29, 0.717) is 11.4 Å². The number of carbonyl (C=O) groups excluding carboxylic acids is 1. The highest BCUT2D eigenvalue weighted by Gasteiger charge is 2.10. The van der Waals surface area contributed by atoms with Gasteiger partial charge >= 0.3 is 0 Å². The lowest BCUT2D eigenvalue weighted by Gasteiger charge is -2.00. The number of halogens is 1. The molecule has 2 heterocycles. The predicted molar refractivity (Wildman–Crippen MR) is 71.5 cm³/mol. The van der Waals surface area contributed by atoms with E-state index in [1.807, 2.05) is 0 Å². The molecule has 0 radical (unpaired) electrons. The molecule has 0 atom stereocenters. The minimum Gasteiger partial charge on any atom is -0.347 e. The molecule has 6 heteroatoms. The van der Waals surface area contributed by atoms with Gasteiger partial charge in [0.2, 0.25) is 0 Å². The van der Waals surface area contributed by atoms with Gasteiger partial charge in [0.15, 0.2) is 0 Å². The molecule has 0 fully saturated rings. The van der Waals surface area contributed by atoms with Crippen LogP contribution in [0.2, 0.25) is 0 Å². The molecule has 3 rings (SSSR count). The van der Waals surface area contributed by atoms with Gasteiger partial charge in [-0.1, -0.05) is 0 Å². The summed E-state index contributed by atoms with van der Waals surface area (Å²) in [5.74, 6) is -0.467. The molecule has 2 aromatic heterocycles. The maximum Gasteiger partial charge on any atom is 0.261 e. The first-order chi connectivity index (χ1) is 9.22. The standard InChI is InChI=1S/C13H10FN3OS/c14-9-1-2-11-8(3-9)4-12(19-11)13(18)16-6-10-5-15-7-17-10/h1-5,7H,6H2,(H,15,17)(H,16,18). The van der Waals surface area contributed by atoms with E-state index in [2.05, 4.69) is 15.3 Å². The van der Waals surface area contributed by atoms with E-state index in [1.165, 1.54) is 23.5 Å². The number of aromatic nitrogens is 2. The Balaban J connectivity index is 1.77. The average Bonchev–Trinajstić information content (AvgIpc) is 3.04. The van der Waals surface area contributed by atoms with Gasteiger partial charge in [-0.05, 0) is 29.7 Å². The summed E-state index contributed by atoms with van der Waals surface area (Å²) < 4.78 is 14.0. The monoisotopic (exact) mass is 275 g/mol. The van der Waals surface area contributed by atoms with Crippen molar-refractivity contribution in [3.63, 3.8) is 0 Å². The van der Waals surface area contributed by atoms with Gasteiger partial charge in [0.1, 0.15) is 5.82 Å². The van der Waals surface area contributed by atoms with E-state index >= 15 is 0 Å². The second-order valence-electron chi connectivity index (χ2n) is 4.05. The summed E-state index contributed by atoms with van der Waals surface area (Å²) in [5.41, 5.74) is 0.834. The average molecular weight is 275 g/mol. The van der Waals surface area contributed by atoms with Crippen molar-refractivity contribution in [2.24, 2.45) is 0 Å². The predicted octanol–water partition coefficient (Wildman–Crippen LogP) is 2.69. The number of rotatable bonds is 3. The fraction of sp³-hybridized carbons (Fsp3) is 0.0769. The van der Waals surface area contributed by atoms with Gasteiger partial charge in [0.05, 0.1) is 23.4 Å². The van der Waals surface area contributed by atoms with E-state index in [0.717, 1.165) is 15.8 Å². The zero-order chi connectivity index (χ0) is 13.2. The number of hydrogen-bond donors (Lipinski definition) is 2. The Morgan fingerprint density at radius 1 is 1.42 bits per heavy atom. The van der Waals surface area contributed by atoms with Crippen molar-refractivity contribution < 1.29 is 9.18 Å². The molecule has 0 spiro atoms. The molecular weight excluding hydrogens is 265 g/mol. The summed E-state index contributed by atoms with van der Waals surface area (Å²) >= 11 is 1.35. The fourth-order valence-corrected chi connectivity index (χ4v) is 2.73. The van der Waals surface area contributed by atoms with Gasteiger partial charge in [-0.3, -0.25) is 4.79 Å². The molecule has 0 bridgehead atoms. The zero-order valence-corrected chi connectivity index (χ0v) is 10.6. The van der Waals surface area contributed by atoms with Crippen molar-refractivity contribution in [1.82, 2.24) is 15.3 Å². The normalized spacial score (nSPS) is 10.8. The second-order valence-corrected chi connectivity index (χ2v) is 5.14. The molecule has 0 aliphatic heterocycles. The summed E-state index contributed by atoms with van der Waals surface area (Å²) in [5, 5.41) is 3.53. The van der Waals surface area contributed by atoms with Crippen LogP contribution < -0.4 is 5.32 Å². The molecular formula is C13H10FN3OS. The molecule has 3 aromatic rings. The number of nitrogens with zero attached hydrogens (tertiary/aromatic N) is 1. The second kappa shape index (κ2) is 4.81. The minimum absolute atomic E-state index is 0.170. The Hall–Kier alpha value is -2.21. The van der Waals surface area contributed by atoms with E-state index in [4.69, 9.17) is 0 Å². The van der Waals surface area contributed by atoms with Crippen LogP contribution >= 0.6 is 11.3 Å². The summed E-state index contributed by atoms with van der Waals surface area (Å²) in [6, 6.07) is 6.20. The first kappa shape index (κ1) is 11.9. The Morgan fingerprint density at radius 2 is 2.32 bits per heavy atom. The molecule has 1 aromatic carbocycles. The number of nitrogens with one attached hydrogen (secondary N) is 2. The van der Waals surface area contributed by atoms with Crippen molar-refractivity contribution in [2.45, 2.75) is 6.54 Å². The Labute approximate surface area is 112 Å². The third-order valence-corrected chi connectivity index (χ3v) is 3.81. The summed E-state index contributed by atoms with van der Waals surface area (Å²) in [6.07, 6.45) is 3.21. The van der Waals surface area contributed by atoms with Crippen LogP contribution in [0.1, 0.15) is 15.4 Å². The van der Waals surface area contributed by atoms with Gasteiger partial charge in [0, 0.05) is 10.9 Å². The molecule has 1 amide bonds. The molecule has 0 saturated carbocycles. The Kier molecular flexibility index (Phi) is 3.00. The van der Waals surface area contributed by atoms with Gasteiger partial charge in [-0.25, -0.2) is 9.37 Å². The number of benzene rings is 1. The van der Waals surface area contributed by atoms with Crippen molar-refractivity contribution in [2.75, 3.05) is 0 Å². The molecule has 0 aliphatic rings. The molecule has 4 nitrogen and oxygen atoms in total. The van der Waals surface area contributed by atoms with Crippen LogP contribution in [0.3, 0.4) is 0 Å². The van der Waals surface area contributed by atoms with E-state index in [1.54, 1.807) is 24.7 Å².